The van der Waals surface area contributed by atoms with E-state index in [0.29, 0.717) is 0 Å². The first-order valence-corrected chi connectivity index (χ1v) is 4.74. The lowest BCUT2D eigenvalue weighted by Crippen LogP contribution is -2.20. The summed E-state index contributed by atoms with van der Waals surface area (Å²) in [6.07, 6.45) is 4.97. The molecule has 0 amide bonds. The average molecular weight is 180 g/mol. The van der Waals surface area contributed by atoms with Crippen molar-refractivity contribution in [3.05, 3.63) is 23.5 Å². The van der Waals surface area contributed by atoms with Crippen molar-refractivity contribution >= 4 is 5.84 Å². The fraction of sp³-hybridized carbons (Fsp3) is 0.545. The molecular weight excluding hydrogens is 160 g/mol. The van der Waals surface area contributed by atoms with Crippen LogP contribution in [0.25, 0.3) is 0 Å². The van der Waals surface area contributed by atoms with Crippen molar-refractivity contribution < 1.29 is 0 Å². The standard InChI is InChI=1S/C11H20N2/c1-6-9(4)12-11(8-3)13-10(5)7-2/h6-7H,8H2,1-5H3,(H,12,13). The topological polar surface area (TPSA) is 24.4 Å². The monoisotopic (exact) mass is 180 g/mol. The van der Waals surface area contributed by atoms with Crippen LogP contribution >= 0.6 is 0 Å². The zero-order chi connectivity index (χ0) is 10.3. The van der Waals surface area contributed by atoms with E-state index in [1.807, 2.05) is 39.8 Å². The number of amidine groups is 1. The van der Waals surface area contributed by atoms with Gasteiger partial charge in [0.25, 0.3) is 0 Å². The van der Waals surface area contributed by atoms with E-state index >= 15 is 0 Å². The minimum atomic E-state index is 0.927. The Labute approximate surface area is 81.5 Å². The molecule has 0 atom stereocenters. The number of nitrogens with zero attached hydrogens (tertiary/aromatic N) is 1. The minimum Gasteiger partial charge on any atom is -0.348 e. The Morgan fingerprint density at radius 2 is 1.85 bits per heavy atom. The van der Waals surface area contributed by atoms with Crippen LogP contribution in [0.1, 0.15) is 41.0 Å². The van der Waals surface area contributed by atoms with E-state index in [2.05, 4.69) is 17.2 Å². The molecular formula is C11H20N2. The predicted molar refractivity (Wildman–Crippen MR) is 59.7 cm³/mol. The number of hydrogen-bond donors (Lipinski definition) is 1. The lowest BCUT2D eigenvalue weighted by atomic mass is 10.3. The summed E-state index contributed by atoms with van der Waals surface area (Å²) in [7, 11) is 0. The summed E-state index contributed by atoms with van der Waals surface area (Å²) in [6, 6.07) is 0. The van der Waals surface area contributed by atoms with Gasteiger partial charge >= 0.3 is 0 Å². The summed E-state index contributed by atoms with van der Waals surface area (Å²) in [4.78, 5) is 4.43. The van der Waals surface area contributed by atoms with Gasteiger partial charge in [0, 0.05) is 17.8 Å². The second-order valence-corrected chi connectivity index (χ2v) is 2.94. The molecule has 0 aliphatic rings. The Kier molecular flexibility index (Phi) is 5.94. The zero-order valence-electron chi connectivity index (χ0n) is 9.31. The number of hydrogen-bond acceptors (Lipinski definition) is 1. The third-order valence-electron chi connectivity index (χ3n) is 1.84. The molecule has 1 N–H and O–H groups in total. The van der Waals surface area contributed by atoms with Crippen molar-refractivity contribution in [3.8, 4) is 0 Å². The van der Waals surface area contributed by atoms with Crippen molar-refractivity contribution in [2.75, 3.05) is 0 Å². The Bertz CT molecular complexity index is 234. The highest BCUT2D eigenvalue weighted by Crippen LogP contribution is 1.97. The Morgan fingerprint density at radius 1 is 1.23 bits per heavy atom. The smallest absolute Gasteiger partial charge is 0.106 e. The van der Waals surface area contributed by atoms with Crippen molar-refractivity contribution in [2.24, 2.45) is 4.99 Å². The average Bonchev–Trinajstić information content (AvgIpc) is 2.16. The first-order chi connectivity index (χ1) is 6.13. The maximum atomic E-state index is 4.43. The van der Waals surface area contributed by atoms with Gasteiger partial charge in [0.2, 0.25) is 0 Å². The molecule has 0 heterocycles. The first kappa shape index (κ1) is 11.9. The fourth-order valence-electron chi connectivity index (χ4n) is 0.773. The van der Waals surface area contributed by atoms with Gasteiger partial charge in [-0.25, -0.2) is 4.99 Å². The molecule has 0 aromatic carbocycles. The van der Waals surface area contributed by atoms with Gasteiger partial charge in [-0.3, -0.25) is 0 Å². The SMILES string of the molecule is CC=C(C)N=C(CC)NC(C)=CC. The molecule has 0 saturated carbocycles. The van der Waals surface area contributed by atoms with Gasteiger partial charge in [0.15, 0.2) is 0 Å². The van der Waals surface area contributed by atoms with E-state index < -0.39 is 0 Å². The van der Waals surface area contributed by atoms with Crippen LogP contribution < -0.4 is 5.32 Å². The summed E-state index contributed by atoms with van der Waals surface area (Å²) in [5.74, 6) is 1.02. The predicted octanol–water partition coefficient (Wildman–Crippen LogP) is 3.23. The molecule has 0 unspecified atom stereocenters. The van der Waals surface area contributed by atoms with Gasteiger partial charge < -0.3 is 5.32 Å². The maximum Gasteiger partial charge on any atom is 0.106 e. The first-order valence-electron chi connectivity index (χ1n) is 4.74. The molecule has 0 saturated heterocycles. The van der Waals surface area contributed by atoms with E-state index in [0.717, 1.165) is 23.7 Å². The van der Waals surface area contributed by atoms with Crippen molar-refractivity contribution in [3.63, 3.8) is 0 Å². The van der Waals surface area contributed by atoms with E-state index in [1.54, 1.807) is 0 Å². The lowest BCUT2D eigenvalue weighted by Gasteiger charge is -2.07. The van der Waals surface area contributed by atoms with Crippen LogP contribution in [-0.2, 0) is 0 Å². The van der Waals surface area contributed by atoms with Gasteiger partial charge in [-0.05, 0) is 27.7 Å². The number of rotatable bonds is 3. The molecule has 0 aliphatic carbocycles. The second kappa shape index (κ2) is 6.46. The van der Waals surface area contributed by atoms with Crippen LogP contribution in [0.15, 0.2) is 28.5 Å². The zero-order valence-corrected chi connectivity index (χ0v) is 9.31. The van der Waals surface area contributed by atoms with Crippen molar-refractivity contribution in [1.29, 1.82) is 0 Å². The quantitative estimate of drug-likeness (QED) is 0.523. The van der Waals surface area contributed by atoms with Gasteiger partial charge in [-0.1, -0.05) is 19.1 Å². The Hall–Kier alpha value is -1.05. The molecule has 2 nitrogen and oxygen atoms in total. The third-order valence-corrected chi connectivity index (χ3v) is 1.84. The van der Waals surface area contributed by atoms with E-state index in [4.69, 9.17) is 0 Å². The highest BCUT2D eigenvalue weighted by molar-refractivity contribution is 5.84. The molecule has 0 aromatic rings. The van der Waals surface area contributed by atoms with Crippen LogP contribution in [0, 0.1) is 0 Å². The molecule has 0 fully saturated rings. The molecule has 74 valence electrons. The fourth-order valence-corrected chi connectivity index (χ4v) is 0.773. The summed E-state index contributed by atoms with van der Waals surface area (Å²) in [6.45, 7) is 10.1. The Balaban J connectivity index is 4.43. The molecule has 0 rings (SSSR count). The number of aliphatic imine (C=N–C) groups is 1. The van der Waals surface area contributed by atoms with Crippen LogP contribution in [0.2, 0.25) is 0 Å². The molecule has 0 aliphatic heterocycles. The van der Waals surface area contributed by atoms with Gasteiger partial charge in [-0.15, -0.1) is 0 Å². The number of nitrogens with one attached hydrogen (secondary N) is 1. The minimum absolute atomic E-state index is 0.927. The summed E-state index contributed by atoms with van der Waals surface area (Å²) < 4.78 is 0. The van der Waals surface area contributed by atoms with Crippen LogP contribution in [0.5, 0.6) is 0 Å². The van der Waals surface area contributed by atoms with Gasteiger partial charge in [-0.2, -0.15) is 0 Å². The van der Waals surface area contributed by atoms with Crippen molar-refractivity contribution in [2.45, 2.75) is 41.0 Å². The van der Waals surface area contributed by atoms with Crippen LogP contribution in [0.4, 0.5) is 0 Å². The summed E-state index contributed by atoms with van der Waals surface area (Å²) in [5.41, 5.74) is 2.19. The molecule has 0 spiro atoms. The normalized spacial score (nSPS) is 14.7. The van der Waals surface area contributed by atoms with E-state index in [9.17, 15) is 0 Å². The lowest BCUT2D eigenvalue weighted by molar-refractivity contribution is 1.03. The molecule has 0 radical (unpaired) electrons. The van der Waals surface area contributed by atoms with Crippen LogP contribution in [-0.4, -0.2) is 5.84 Å². The largest absolute Gasteiger partial charge is 0.348 e. The highest BCUT2D eigenvalue weighted by atomic mass is 15.0. The summed E-state index contributed by atoms with van der Waals surface area (Å²) >= 11 is 0. The summed E-state index contributed by atoms with van der Waals surface area (Å²) in [5, 5.41) is 3.25. The molecule has 0 bridgehead atoms. The maximum absolute atomic E-state index is 4.43. The van der Waals surface area contributed by atoms with Gasteiger partial charge in [0.1, 0.15) is 5.84 Å². The van der Waals surface area contributed by atoms with E-state index in [-0.39, 0.29) is 0 Å². The molecule has 2 heteroatoms. The van der Waals surface area contributed by atoms with Crippen LogP contribution in [0.3, 0.4) is 0 Å². The van der Waals surface area contributed by atoms with E-state index in [1.165, 1.54) is 0 Å². The Morgan fingerprint density at radius 3 is 2.23 bits per heavy atom. The second-order valence-electron chi connectivity index (χ2n) is 2.94. The number of allylic oxidation sites excluding steroid dienone is 4. The molecule has 0 aromatic heterocycles. The van der Waals surface area contributed by atoms with Crippen molar-refractivity contribution in [1.82, 2.24) is 5.32 Å². The highest BCUT2D eigenvalue weighted by Gasteiger charge is 1.95. The van der Waals surface area contributed by atoms with Gasteiger partial charge in [0.05, 0.1) is 0 Å². The third kappa shape index (κ3) is 5.23. The molecule has 13 heavy (non-hydrogen) atoms.